The SMILES string of the molecule is CC(C)CNC(=O)[C@@H](C)N(Cc1ccccc1)C(=O)CC(c1ccccc1)c1ccccc1. The predicted octanol–water partition coefficient (Wildman–Crippen LogP) is 5.40. The van der Waals surface area contributed by atoms with E-state index in [9.17, 15) is 9.59 Å². The Hall–Kier alpha value is -3.40. The quantitative estimate of drug-likeness (QED) is 0.457. The molecule has 0 radical (unpaired) electrons. The zero-order valence-corrected chi connectivity index (χ0v) is 19.8. The Balaban J connectivity index is 1.87. The zero-order valence-electron chi connectivity index (χ0n) is 19.8. The van der Waals surface area contributed by atoms with Crippen molar-refractivity contribution in [2.24, 2.45) is 5.92 Å². The van der Waals surface area contributed by atoms with Crippen LogP contribution in [0, 0.1) is 5.92 Å². The van der Waals surface area contributed by atoms with Gasteiger partial charge >= 0.3 is 0 Å². The molecule has 0 saturated heterocycles. The van der Waals surface area contributed by atoms with Crippen LogP contribution in [0.1, 0.15) is 49.8 Å². The Bertz CT molecular complexity index is 964. The van der Waals surface area contributed by atoms with Crippen LogP contribution in [0.25, 0.3) is 0 Å². The average molecular weight is 443 g/mol. The highest BCUT2D eigenvalue weighted by molar-refractivity contribution is 5.87. The third-order valence-electron chi connectivity index (χ3n) is 5.83. The lowest BCUT2D eigenvalue weighted by molar-refractivity contribution is -0.140. The molecule has 0 spiro atoms. The van der Waals surface area contributed by atoms with Crippen molar-refractivity contribution in [1.29, 1.82) is 0 Å². The maximum Gasteiger partial charge on any atom is 0.242 e. The molecule has 33 heavy (non-hydrogen) atoms. The Kier molecular flexibility index (Phi) is 8.82. The fraction of sp³-hybridized carbons (Fsp3) is 0.310. The van der Waals surface area contributed by atoms with Crippen molar-refractivity contribution < 1.29 is 9.59 Å². The summed E-state index contributed by atoms with van der Waals surface area (Å²) in [5.74, 6) is 0.108. The van der Waals surface area contributed by atoms with E-state index < -0.39 is 6.04 Å². The molecule has 172 valence electrons. The first-order valence-corrected chi connectivity index (χ1v) is 11.7. The molecule has 0 unspecified atom stereocenters. The van der Waals surface area contributed by atoms with Crippen LogP contribution >= 0.6 is 0 Å². The van der Waals surface area contributed by atoms with Gasteiger partial charge in [0.05, 0.1) is 0 Å². The molecule has 0 aliphatic carbocycles. The summed E-state index contributed by atoms with van der Waals surface area (Å²) in [6.07, 6.45) is 0.294. The molecular weight excluding hydrogens is 408 g/mol. The number of amides is 2. The molecule has 4 heteroatoms. The van der Waals surface area contributed by atoms with Gasteiger partial charge < -0.3 is 10.2 Å². The molecule has 0 aromatic heterocycles. The molecule has 3 rings (SSSR count). The smallest absolute Gasteiger partial charge is 0.242 e. The molecule has 0 aliphatic heterocycles. The normalized spacial score (nSPS) is 11.9. The van der Waals surface area contributed by atoms with Gasteiger partial charge in [-0.3, -0.25) is 9.59 Å². The van der Waals surface area contributed by atoms with E-state index in [-0.39, 0.29) is 17.7 Å². The molecule has 4 nitrogen and oxygen atoms in total. The molecule has 0 bridgehead atoms. The first kappa shape index (κ1) is 24.2. The zero-order chi connectivity index (χ0) is 23.6. The van der Waals surface area contributed by atoms with Crippen molar-refractivity contribution in [3.63, 3.8) is 0 Å². The minimum Gasteiger partial charge on any atom is -0.354 e. The molecule has 0 fully saturated rings. The Labute approximate surface area is 197 Å². The van der Waals surface area contributed by atoms with Gasteiger partial charge in [-0.1, -0.05) is 105 Å². The highest BCUT2D eigenvalue weighted by Crippen LogP contribution is 2.29. The Morgan fingerprint density at radius 1 is 0.758 bits per heavy atom. The number of rotatable bonds is 10. The summed E-state index contributed by atoms with van der Waals surface area (Å²) < 4.78 is 0. The van der Waals surface area contributed by atoms with Crippen LogP contribution in [0.2, 0.25) is 0 Å². The highest BCUT2D eigenvalue weighted by atomic mass is 16.2. The van der Waals surface area contributed by atoms with Crippen molar-refractivity contribution in [2.45, 2.75) is 45.7 Å². The number of hydrogen-bond acceptors (Lipinski definition) is 2. The van der Waals surface area contributed by atoms with Crippen molar-refractivity contribution in [3.05, 3.63) is 108 Å². The Morgan fingerprint density at radius 2 is 1.24 bits per heavy atom. The van der Waals surface area contributed by atoms with Crippen molar-refractivity contribution >= 4 is 11.8 Å². The van der Waals surface area contributed by atoms with Gasteiger partial charge in [0.15, 0.2) is 0 Å². The van der Waals surface area contributed by atoms with Gasteiger partial charge in [0.2, 0.25) is 11.8 Å². The third-order valence-corrected chi connectivity index (χ3v) is 5.83. The van der Waals surface area contributed by atoms with Gasteiger partial charge in [0, 0.05) is 25.4 Å². The van der Waals surface area contributed by atoms with Gasteiger partial charge in [-0.15, -0.1) is 0 Å². The van der Waals surface area contributed by atoms with Crippen LogP contribution in [-0.2, 0) is 16.1 Å². The fourth-order valence-corrected chi connectivity index (χ4v) is 3.91. The molecule has 3 aromatic carbocycles. The van der Waals surface area contributed by atoms with Gasteiger partial charge in [0.25, 0.3) is 0 Å². The number of carbonyl (C=O) groups is 2. The lowest BCUT2D eigenvalue weighted by Crippen LogP contribution is -2.48. The number of nitrogens with one attached hydrogen (secondary N) is 1. The Morgan fingerprint density at radius 3 is 1.73 bits per heavy atom. The lowest BCUT2D eigenvalue weighted by atomic mass is 9.88. The molecule has 0 saturated carbocycles. The van der Waals surface area contributed by atoms with Gasteiger partial charge in [-0.25, -0.2) is 0 Å². The van der Waals surface area contributed by atoms with Gasteiger partial charge in [-0.05, 0) is 29.5 Å². The second kappa shape index (κ2) is 12.0. The van der Waals surface area contributed by atoms with E-state index in [0.29, 0.717) is 25.4 Å². The first-order valence-electron chi connectivity index (χ1n) is 11.7. The van der Waals surface area contributed by atoms with E-state index >= 15 is 0 Å². The van der Waals surface area contributed by atoms with Crippen molar-refractivity contribution in [3.8, 4) is 0 Å². The number of carbonyl (C=O) groups excluding carboxylic acids is 2. The van der Waals surface area contributed by atoms with E-state index in [1.807, 2.05) is 73.7 Å². The minimum atomic E-state index is -0.566. The molecule has 0 aliphatic rings. The van der Waals surface area contributed by atoms with Crippen LogP contribution in [0.4, 0.5) is 0 Å². The van der Waals surface area contributed by atoms with E-state index in [0.717, 1.165) is 16.7 Å². The molecule has 3 aromatic rings. The summed E-state index contributed by atoms with van der Waals surface area (Å²) >= 11 is 0. The number of benzene rings is 3. The number of nitrogens with zero attached hydrogens (tertiary/aromatic N) is 1. The van der Waals surface area contributed by atoms with Crippen LogP contribution in [0.3, 0.4) is 0 Å². The lowest BCUT2D eigenvalue weighted by Gasteiger charge is -2.31. The molecule has 0 heterocycles. The topological polar surface area (TPSA) is 49.4 Å². The summed E-state index contributed by atoms with van der Waals surface area (Å²) in [6.45, 7) is 6.92. The van der Waals surface area contributed by atoms with Gasteiger partial charge in [0.1, 0.15) is 6.04 Å². The largest absolute Gasteiger partial charge is 0.354 e. The predicted molar refractivity (Wildman–Crippen MR) is 134 cm³/mol. The average Bonchev–Trinajstić information content (AvgIpc) is 2.85. The van der Waals surface area contributed by atoms with Crippen LogP contribution in [-0.4, -0.2) is 29.3 Å². The van der Waals surface area contributed by atoms with Crippen LogP contribution in [0.15, 0.2) is 91.0 Å². The third kappa shape index (κ3) is 7.04. The van der Waals surface area contributed by atoms with Crippen molar-refractivity contribution in [1.82, 2.24) is 10.2 Å². The van der Waals surface area contributed by atoms with E-state index in [2.05, 4.69) is 43.4 Å². The standard InChI is InChI=1S/C29H34N2O2/c1-22(2)20-30-29(33)23(3)31(21-24-13-7-4-8-14-24)28(32)19-27(25-15-9-5-10-16-25)26-17-11-6-12-18-26/h4-18,22-23,27H,19-21H2,1-3H3,(H,30,33)/t23-/m1/s1. The summed E-state index contributed by atoms with van der Waals surface area (Å²) in [4.78, 5) is 28.4. The van der Waals surface area contributed by atoms with E-state index in [1.165, 1.54) is 0 Å². The van der Waals surface area contributed by atoms with E-state index in [1.54, 1.807) is 4.90 Å². The maximum atomic E-state index is 13.7. The second-order valence-electron chi connectivity index (χ2n) is 8.90. The molecule has 1 N–H and O–H groups in total. The summed E-state index contributed by atoms with van der Waals surface area (Å²) in [5, 5.41) is 2.99. The van der Waals surface area contributed by atoms with Gasteiger partial charge in [-0.2, -0.15) is 0 Å². The summed E-state index contributed by atoms with van der Waals surface area (Å²) in [7, 11) is 0. The van der Waals surface area contributed by atoms with E-state index in [4.69, 9.17) is 0 Å². The minimum absolute atomic E-state index is 0.0382. The molecule has 1 atom stereocenters. The molecular formula is C29H34N2O2. The second-order valence-corrected chi connectivity index (χ2v) is 8.90. The monoisotopic (exact) mass is 442 g/mol. The van der Waals surface area contributed by atoms with Crippen LogP contribution in [0.5, 0.6) is 0 Å². The van der Waals surface area contributed by atoms with Crippen LogP contribution < -0.4 is 5.32 Å². The fourth-order valence-electron chi connectivity index (χ4n) is 3.91. The number of hydrogen-bond donors (Lipinski definition) is 1. The highest BCUT2D eigenvalue weighted by Gasteiger charge is 2.29. The summed E-state index contributed by atoms with van der Waals surface area (Å²) in [5.41, 5.74) is 3.19. The van der Waals surface area contributed by atoms with Crippen molar-refractivity contribution in [2.75, 3.05) is 6.54 Å². The first-order chi connectivity index (χ1) is 16.0. The molecule has 2 amide bonds. The maximum absolute atomic E-state index is 13.7. The summed E-state index contributed by atoms with van der Waals surface area (Å²) in [6, 6.07) is 29.5.